The Labute approximate surface area is 96.7 Å². The van der Waals surface area contributed by atoms with E-state index in [1.807, 2.05) is 0 Å². The zero-order valence-electron chi connectivity index (χ0n) is 9.18. The number of aromatic nitrogens is 1. The lowest BCUT2D eigenvalue weighted by molar-refractivity contribution is -0.0599. The van der Waals surface area contributed by atoms with Crippen LogP contribution in [0.4, 0.5) is 0 Å². The summed E-state index contributed by atoms with van der Waals surface area (Å²) in [6.07, 6.45) is 2.11. The largest absolute Gasteiger partial charge is 0.416 e. The van der Waals surface area contributed by atoms with Crippen molar-refractivity contribution in [2.75, 3.05) is 19.7 Å². The van der Waals surface area contributed by atoms with Gasteiger partial charge in [0, 0.05) is 6.54 Å². The first kappa shape index (κ1) is 11.9. The quantitative estimate of drug-likeness (QED) is 0.612. The van der Waals surface area contributed by atoms with Crippen molar-refractivity contribution in [1.82, 2.24) is 9.88 Å². The van der Waals surface area contributed by atoms with Crippen molar-refractivity contribution in [3.05, 3.63) is 22.5 Å². The number of aromatic amines is 1. The lowest BCUT2D eigenvalue weighted by atomic mass is 9.93. The van der Waals surface area contributed by atoms with Gasteiger partial charge in [0.25, 0.3) is 5.91 Å². The summed E-state index contributed by atoms with van der Waals surface area (Å²) in [4.78, 5) is 26.3. The molecular formula is C10H14N2O5. The lowest BCUT2D eigenvalue weighted by Gasteiger charge is -2.37. The van der Waals surface area contributed by atoms with Crippen LogP contribution in [0, 0.1) is 0 Å². The van der Waals surface area contributed by atoms with Gasteiger partial charge in [0.2, 0.25) is 0 Å². The molecule has 94 valence electrons. The Kier molecular flexibility index (Phi) is 3.03. The topological polar surface area (TPSA) is 107 Å². The van der Waals surface area contributed by atoms with E-state index in [2.05, 4.69) is 9.40 Å². The number of rotatable bonds is 2. The van der Waals surface area contributed by atoms with Crippen LogP contribution in [0.15, 0.2) is 15.5 Å². The second kappa shape index (κ2) is 4.34. The van der Waals surface area contributed by atoms with E-state index >= 15 is 0 Å². The molecule has 0 bridgehead atoms. The first-order valence-electron chi connectivity index (χ1n) is 5.34. The predicted octanol–water partition coefficient (Wildman–Crippen LogP) is -1.07. The van der Waals surface area contributed by atoms with Crippen molar-refractivity contribution < 1.29 is 19.4 Å². The van der Waals surface area contributed by atoms with E-state index in [0.717, 1.165) is 6.26 Å². The number of amides is 1. The SMILES string of the molecule is O=C(c1coc(=O)[nH]1)N1CCCC(O)(CO)C1. The fraction of sp³-hybridized carbons (Fsp3) is 0.600. The molecule has 2 rings (SSSR count). The number of nitrogens with one attached hydrogen (secondary N) is 1. The van der Waals surface area contributed by atoms with Crippen LogP contribution in [0.2, 0.25) is 0 Å². The van der Waals surface area contributed by atoms with Gasteiger partial charge < -0.3 is 19.5 Å². The summed E-state index contributed by atoms with van der Waals surface area (Å²) in [5.41, 5.74) is -1.20. The van der Waals surface area contributed by atoms with Crippen LogP contribution in [0.25, 0.3) is 0 Å². The van der Waals surface area contributed by atoms with Crippen LogP contribution in [0.1, 0.15) is 23.3 Å². The first-order valence-corrected chi connectivity index (χ1v) is 5.34. The highest BCUT2D eigenvalue weighted by Crippen LogP contribution is 2.21. The molecule has 0 saturated carbocycles. The molecule has 1 fully saturated rings. The molecule has 3 N–H and O–H groups in total. The molecule has 1 aromatic heterocycles. The summed E-state index contributed by atoms with van der Waals surface area (Å²) < 4.78 is 4.48. The van der Waals surface area contributed by atoms with E-state index in [4.69, 9.17) is 5.11 Å². The third-order valence-electron chi connectivity index (χ3n) is 2.89. The van der Waals surface area contributed by atoms with Gasteiger partial charge in [-0.15, -0.1) is 0 Å². The summed E-state index contributed by atoms with van der Waals surface area (Å²) in [6.45, 7) is 0.141. The second-order valence-corrected chi connectivity index (χ2v) is 4.27. The number of carbonyl (C=O) groups excluding carboxylic acids is 1. The number of hydrogen-bond donors (Lipinski definition) is 3. The molecule has 1 amide bonds. The number of piperidine rings is 1. The van der Waals surface area contributed by atoms with Gasteiger partial charge in [0.05, 0.1) is 13.2 Å². The highest BCUT2D eigenvalue weighted by atomic mass is 16.4. The minimum Gasteiger partial charge on any atom is -0.416 e. The highest BCUT2D eigenvalue weighted by Gasteiger charge is 2.35. The monoisotopic (exact) mass is 242 g/mol. The molecule has 1 aromatic rings. The highest BCUT2D eigenvalue weighted by molar-refractivity contribution is 5.92. The molecule has 1 saturated heterocycles. The molecule has 1 aliphatic heterocycles. The molecule has 7 heteroatoms. The summed E-state index contributed by atoms with van der Waals surface area (Å²) in [6, 6.07) is 0. The van der Waals surface area contributed by atoms with E-state index < -0.39 is 23.9 Å². The molecule has 0 spiro atoms. The van der Waals surface area contributed by atoms with E-state index in [9.17, 15) is 14.7 Å². The minimum atomic E-state index is -1.25. The van der Waals surface area contributed by atoms with Crippen LogP contribution in [0.3, 0.4) is 0 Å². The predicted molar refractivity (Wildman–Crippen MR) is 56.5 cm³/mol. The minimum absolute atomic E-state index is 0.0511. The van der Waals surface area contributed by atoms with Gasteiger partial charge in [-0.25, -0.2) is 4.79 Å². The normalized spacial score (nSPS) is 24.9. The Morgan fingerprint density at radius 2 is 2.41 bits per heavy atom. The maximum Gasteiger partial charge on any atom is 0.416 e. The molecule has 1 atom stereocenters. The van der Waals surface area contributed by atoms with E-state index in [0.29, 0.717) is 19.4 Å². The number of aliphatic hydroxyl groups excluding tert-OH is 1. The first-order chi connectivity index (χ1) is 8.04. The maximum absolute atomic E-state index is 11.9. The zero-order chi connectivity index (χ0) is 12.5. The van der Waals surface area contributed by atoms with Crippen molar-refractivity contribution in [2.24, 2.45) is 0 Å². The van der Waals surface area contributed by atoms with E-state index in [-0.39, 0.29) is 12.2 Å². The fourth-order valence-corrected chi connectivity index (χ4v) is 1.97. The zero-order valence-corrected chi connectivity index (χ0v) is 9.18. The third-order valence-corrected chi connectivity index (χ3v) is 2.89. The Hall–Kier alpha value is -1.60. The van der Waals surface area contributed by atoms with Crippen molar-refractivity contribution in [3.63, 3.8) is 0 Å². The van der Waals surface area contributed by atoms with Crippen molar-refractivity contribution in [1.29, 1.82) is 0 Å². The average Bonchev–Trinajstić information content (AvgIpc) is 2.75. The molecule has 0 aromatic carbocycles. The van der Waals surface area contributed by atoms with Gasteiger partial charge in [-0.1, -0.05) is 0 Å². The van der Waals surface area contributed by atoms with Crippen LogP contribution in [-0.2, 0) is 0 Å². The van der Waals surface area contributed by atoms with Crippen molar-refractivity contribution >= 4 is 5.91 Å². The van der Waals surface area contributed by atoms with Crippen LogP contribution < -0.4 is 5.76 Å². The molecule has 1 unspecified atom stereocenters. The number of hydrogen-bond acceptors (Lipinski definition) is 5. The van der Waals surface area contributed by atoms with Gasteiger partial charge in [0.1, 0.15) is 17.6 Å². The smallest absolute Gasteiger partial charge is 0.416 e. The number of carbonyl (C=O) groups is 1. The van der Waals surface area contributed by atoms with E-state index in [1.165, 1.54) is 4.90 Å². The Morgan fingerprint density at radius 1 is 1.65 bits per heavy atom. The van der Waals surface area contributed by atoms with Gasteiger partial charge in [0.15, 0.2) is 0 Å². The van der Waals surface area contributed by atoms with Crippen LogP contribution in [-0.4, -0.2) is 51.3 Å². The molecular weight excluding hydrogens is 228 g/mol. The molecule has 7 nitrogen and oxygen atoms in total. The lowest BCUT2D eigenvalue weighted by Crippen LogP contribution is -2.52. The van der Waals surface area contributed by atoms with Gasteiger partial charge >= 0.3 is 5.76 Å². The standard InChI is InChI=1S/C10H14N2O5/c13-6-10(16)2-1-3-12(5-10)8(14)7-4-17-9(15)11-7/h4,13,16H,1-3,5-6H2,(H,11,15). The number of aliphatic hydroxyl groups is 2. The Bertz CT molecular complexity index is 465. The number of nitrogens with zero attached hydrogens (tertiary/aromatic N) is 1. The summed E-state index contributed by atoms with van der Waals surface area (Å²) in [7, 11) is 0. The van der Waals surface area contributed by atoms with Gasteiger partial charge in [-0.3, -0.25) is 9.78 Å². The average molecular weight is 242 g/mol. The number of H-pyrrole nitrogens is 1. The fourth-order valence-electron chi connectivity index (χ4n) is 1.97. The van der Waals surface area contributed by atoms with Crippen molar-refractivity contribution in [3.8, 4) is 0 Å². The Balaban J connectivity index is 2.12. The molecule has 0 aliphatic carbocycles. The third kappa shape index (κ3) is 2.40. The molecule has 0 radical (unpaired) electrons. The summed E-state index contributed by atoms with van der Waals surface area (Å²) in [5.74, 6) is -1.11. The number of likely N-dealkylation sites (tertiary alicyclic amines) is 1. The van der Waals surface area contributed by atoms with Crippen molar-refractivity contribution in [2.45, 2.75) is 18.4 Å². The number of β-amino-alcohol motifs (C(OH)–C–C–N with tert-alkyl or cyclic N) is 1. The molecule has 17 heavy (non-hydrogen) atoms. The maximum atomic E-state index is 11.9. The molecule has 1 aliphatic rings. The second-order valence-electron chi connectivity index (χ2n) is 4.27. The van der Waals surface area contributed by atoms with Gasteiger partial charge in [-0.2, -0.15) is 0 Å². The van der Waals surface area contributed by atoms with Gasteiger partial charge in [-0.05, 0) is 12.8 Å². The van der Waals surface area contributed by atoms with Crippen LogP contribution in [0.5, 0.6) is 0 Å². The summed E-state index contributed by atoms with van der Waals surface area (Å²) in [5, 5.41) is 19.0. The summed E-state index contributed by atoms with van der Waals surface area (Å²) >= 11 is 0. The molecule has 2 heterocycles. The Morgan fingerprint density at radius 3 is 3.00 bits per heavy atom. The number of oxazole rings is 1. The van der Waals surface area contributed by atoms with E-state index in [1.54, 1.807) is 0 Å². The van der Waals surface area contributed by atoms with Crippen LogP contribution >= 0.6 is 0 Å².